The van der Waals surface area contributed by atoms with Gasteiger partial charge in [-0.3, -0.25) is 4.90 Å². The van der Waals surface area contributed by atoms with Crippen molar-refractivity contribution in [1.82, 2.24) is 4.90 Å². The lowest BCUT2D eigenvalue weighted by molar-refractivity contribution is 0.290. The molecule has 2 rings (SSSR count). The summed E-state index contributed by atoms with van der Waals surface area (Å²) in [6, 6.07) is 11.2. The van der Waals surface area contributed by atoms with E-state index in [1.54, 1.807) is 0 Å². The number of hydrogen-bond acceptors (Lipinski definition) is 2. The molecule has 1 aliphatic heterocycles. The normalized spacial score (nSPS) is 23.4. The Morgan fingerprint density at radius 3 is 2.76 bits per heavy atom. The molecule has 1 aromatic rings. The summed E-state index contributed by atoms with van der Waals surface area (Å²) in [6.45, 7) is 11.3. The van der Waals surface area contributed by atoms with E-state index in [2.05, 4.69) is 54.9 Å². The van der Waals surface area contributed by atoms with Gasteiger partial charge in [-0.1, -0.05) is 36.0 Å². The number of benzene rings is 1. The lowest BCUT2D eigenvalue weighted by Crippen LogP contribution is -2.30. The number of nitrogens with zero attached hydrogens (tertiary/aromatic N) is 1. The summed E-state index contributed by atoms with van der Waals surface area (Å²) in [6.07, 6.45) is 0. The second-order valence-corrected chi connectivity index (χ2v) is 9.09. The van der Waals surface area contributed by atoms with Gasteiger partial charge in [-0.15, -0.1) is 6.58 Å². The van der Waals surface area contributed by atoms with Crippen LogP contribution in [0, 0.1) is 0 Å². The average Bonchev–Trinajstić information content (AvgIpc) is 3.07. The lowest BCUT2D eigenvalue weighted by atomic mass is 10.2. The van der Waals surface area contributed by atoms with E-state index in [1.807, 2.05) is 5.70 Å². The Labute approximate surface area is 105 Å². The Morgan fingerprint density at radius 1 is 1.41 bits per heavy atom. The van der Waals surface area contributed by atoms with E-state index in [0.717, 1.165) is 19.7 Å². The Hall–Kier alpha value is -0.903. The van der Waals surface area contributed by atoms with Gasteiger partial charge in [0.25, 0.3) is 0 Å². The third kappa shape index (κ3) is 3.80. The molecule has 1 aliphatic rings. The molecule has 1 aromatic carbocycles. The molecule has 0 radical (unpaired) electrons. The molecule has 0 spiro atoms. The van der Waals surface area contributed by atoms with Crippen LogP contribution in [0.15, 0.2) is 42.6 Å². The fraction of sp³-hybridized carbons (Fsp3) is 0.429. The van der Waals surface area contributed by atoms with Crippen LogP contribution in [0.4, 0.5) is 0 Å². The van der Waals surface area contributed by atoms with Gasteiger partial charge in [-0.25, -0.2) is 0 Å². The minimum Gasteiger partial charge on any atom is -0.412 e. The molecule has 3 heteroatoms. The van der Waals surface area contributed by atoms with Crippen molar-refractivity contribution in [3.05, 3.63) is 48.2 Å². The highest BCUT2D eigenvalue weighted by Crippen LogP contribution is 2.22. The molecule has 0 aromatic heterocycles. The van der Waals surface area contributed by atoms with Crippen LogP contribution < -0.4 is 0 Å². The van der Waals surface area contributed by atoms with E-state index < -0.39 is 8.32 Å². The van der Waals surface area contributed by atoms with Gasteiger partial charge in [0.1, 0.15) is 0 Å². The van der Waals surface area contributed by atoms with Gasteiger partial charge < -0.3 is 4.43 Å². The van der Waals surface area contributed by atoms with Crippen molar-refractivity contribution in [3.63, 3.8) is 0 Å². The smallest absolute Gasteiger partial charge is 0.210 e. The summed E-state index contributed by atoms with van der Waals surface area (Å²) in [4.78, 5) is 2.45. The Morgan fingerprint density at radius 2 is 2.12 bits per heavy atom. The predicted molar refractivity (Wildman–Crippen MR) is 74.3 cm³/mol. The van der Waals surface area contributed by atoms with Gasteiger partial charge in [-0.05, 0) is 18.7 Å². The van der Waals surface area contributed by atoms with E-state index in [-0.39, 0.29) is 0 Å². The second kappa shape index (κ2) is 5.17. The standard InChI is InChI=1S/C14H21NOSi/c1-4-17(2,3)16-12-14-11-15(14)10-13-8-6-5-7-9-13/h4-9,14H,1,10-12H2,2-3H3. The van der Waals surface area contributed by atoms with Crippen molar-refractivity contribution >= 4 is 8.32 Å². The zero-order valence-corrected chi connectivity index (χ0v) is 11.7. The van der Waals surface area contributed by atoms with Crippen LogP contribution in [0.3, 0.4) is 0 Å². The monoisotopic (exact) mass is 247 g/mol. The fourth-order valence-corrected chi connectivity index (χ4v) is 2.50. The SMILES string of the molecule is C=C[Si](C)(C)OCC1CN1Cc1ccccc1. The van der Waals surface area contributed by atoms with Crippen molar-refractivity contribution in [1.29, 1.82) is 0 Å². The summed E-state index contributed by atoms with van der Waals surface area (Å²) in [5.74, 6) is 0. The lowest BCUT2D eigenvalue weighted by Gasteiger charge is -2.18. The summed E-state index contributed by atoms with van der Waals surface area (Å²) in [7, 11) is -1.58. The molecule has 1 saturated heterocycles. The molecule has 1 heterocycles. The third-order valence-corrected chi connectivity index (χ3v) is 5.09. The maximum Gasteiger partial charge on any atom is 0.210 e. The minimum atomic E-state index is -1.58. The summed E-state index contributed by atoms with van der Waals surface area (Å²) >= 11 is 0. The van der Waals surface area contributed by atoms with Gasteiger partial charge in [0.15, 0.2) is 0 Å². The van der Waals surface area contributed by atoms with Gasteiger partial charge in [0.05, 0.1) is 6.61 Å². The number of hydrogen-bond donors (Lipinski definition) is 0. The van der Waals surface area contributed by atoms with E-state index >= 15 is 0 Å². The zero-order chi connectivity index (χ0) is 12.3. The molecule has 0 saturated carbocycles. The van der Waals surface area contributed by atoms with E-state index in [0.29, 0.717) is 6.04 Å². The summed E-state index contributed by atoms with van der Waals surface area (Å²) < 4.78 is 5.95. The summed E-state index contributed by atoms with van der Waals surface area (Å²) in [5, 5.41) is 0. The first-order valence-corrected chi connectivity index (χ1v) is 9.15. The molecule has 2 nitrogen and oxygen atoms in total. The van der Waals surface area contributed by atoms with Crippen LogP contribution in [0.1, 0.15) is 5.56 Å². The molecule has 0 amide bonds. The first kappa shape index (κ1) is 12.6. The van der Waals surface area contributed by atoms with Gasteiger partial charge >= 0.3 is 0 Å². The van der Waals surface area contributed by atoms with Crippen LogP contribution >= 0.6 is 0 Å². The largest absolute Gasteiger partial charge is 0.412 e. The minimum absolute atomic E-state index is 0.613. The highest BCUT2D eigenvalue weighted by molar-refractivity contribution is 6.76. The van der Waals surface area contributed by atoms with Crippen molar-refractivity contribution < 1.29 is 4.43 Å². The maximum atomic E-state index is 5.95. The maximum absolute atomic E-state index is 5.95. The van der Waals surface area contributed by atoms with Crippen molar-refractivity contribution in [3.8, 4) is 0 Å². The first-order chi connectivity index (χ1) is 8.11. The molecule has 1 fully saturated rings. The number of rotatable bonds is 6. The molecule has 0 N–H and O–H groups in total. The molecule has 92 valence electrons. The van der Waals surface area contributed by atoms with Crippen molar-refractivity contribution in [2.45, 2.75) is 25.7 Å². The zero-order valence-electron chi connectivity index (χ0n) is 10.7. The first-order valence-electron chi connectivity index (χ1n) is 6.16. The van der Waals surface area contributed by atoms with Crippen LogP contribution in [0.5, 0.6) is 0 Å². The molecule has 17 heavy (non-hydrogen) atoms. The average molecular weight is 247 g/mol. The van der Waals surface area contributed by atoms with Crippen molar-refractivity contribution in [2.75, 3.05) is 13.2 Å². The van der Waals surface area contributed by atoms with Crippen LogP contribution in [0.2, 0.25) is 13.1 Å². The Bertz CT molecular complexity index is 377. The van der Waals surface area contributed by atoms with Gasteiger partial charge in [0, 0.05) is 19.1 Å². The second-order valence-electron chi connectivity index (χ2n) is 5.19. The Kier molecular flexibility index (Phi) is 3.81. The molecule has 0 aliphatic carbocycles. The molecular formula is C14H21NOSi. The highest BCUT2D eigenvalue weighted by Gasteiger charge is 2.35. The Balaban J connectivity index is 1.73. The molecular weight excluding hydrogens is 226 g/mol. The third-order valence-electron chi connectivity index (χ3n) is 3.20. The molecule has 2 unspecified atom stereocenters. The van der Waals surface area contributed by atoms with E-state index in [1.165, 1.54) is 5.56 Å². The van der Waals surface area contributed by atoms with E-state index in [9.17, 15) is 0 Å². The highest BCUT2D eigenvalue weighted by atomic mass is 28.4. The van der Waals surface area contributed by atoms with E-state index in [4.69, 9.17) is 4.43 Å². The summed E-state index contributed by atoms with van der Waals surface area (Å²) in [5.41, 5.74) is 3.38. The van der Waals surface area contributed by atoms with Gasteiger partial charge in [-0.2, -0.15) is 0 Å². The van der Waals surface area contributed by atoms with Crippen molar-refractivity contribution in [2.24, 2.45) is 0 Å². The molecule has 0 bridgehead atoms. The quantitative estimate of drug-likeness (QED) is 0.566. The topological polar surface area (TPSA) is 12.2 Å². The van der Waals surface area contributed by atoms with Gasteiger partial charge in [0.2, 0.25) is 8.32 Å². The van der Waals surface area contributed by atoms with Crippen LogP contribution in [0.25, 0.3) is 0 Å². The predicted octanol–water partition coefficient (Wildman–Crippen LogP) is 2.82. The fourth-order valence-electron chi connectivity index (χ4n) is 1.76. The van der Waals surface area contributed by atoms with Crippen LogP contribution in [-0.2, 0) is 11.0 Å². The molecule has 2 atom stereocenters. The van der Waals surface area contributed by atoms with Crippen LogP contribution in [-0.4, -0.2) is 32.4 Å².